The molecule has 28 heavy (non-hydrogen) atoms. The number of aromatic nitrogens is 2. The minimum Gasteiger partial charge on any atom is -0.488 e. The van der Waals surface area contributed by atoms with Crippen LogP contribution in [-0.4, -0.2) is 63.2 Å². The number of benzene rings is 1. The molecule has 4 rings (SSSR count). The molecule has 2 aliphatic rings. The lowest BCUT2D eigenvalue weighted by molar-refractivity contribution is -0.134. The summed E-state index contributed by atoms with van der Waals surface area (Å²) in [5.74, 6) is 0.570. The highest BCUT2D eigenvalue weighted by atomic mass is 16.5. The van der Waals surface area contributed by atoms with Crippen LogP contribution in [0.15, 0.2) is 36.4 Å². The number of likely N-dealkylation sites (tertiary alicyclic amines) is 2. The molecule has 2 fully saturated rings. The Morgan fingerprint density at radius 3 is 2.50 bits per heavy atom. The van der Waals surface area contributed by atoms with E-state index in [-0.39, 0.29) is 17.9 Å². The molecule has 7 heteroatoms. The van der Waals surface area contributed by atoms with E-state index in [0.717, 1.165) is 37.4 Å². The van der Waals surface area contributed by atoms with Crippen LogP contribution in [-0.2, 0) is 11.8 Å². The van der Waals surface area contributed by atoms with Gasteiger partial charge >= 0.3 is 0 Å². The first kappa shape index (κ1) is 18.5. The third-order valence-electron chi connectivity index (χ3n) is 5.61. The zero-order chi connectivity index (χ0) is 19.7. The van der Waals surface area contributed by atoms with Crippen molar-refractivity contribution in [1.29, 1.82) is 0 Å². The molecule has 2 saturated heterocycles. The van der Waals surface area contributed by atoms with Gasteiger partial charge < -0.3 is 14.5 Å². The normalized spacial score (nSPS) is 21.9. The molecule has 0 aliphatic carbocycles. The maximum Gasteiger partial charge on any atom is 0.275 e. The summed E-state index contributed by atoms with van der Waals surface area (Å²) in [4.78, 5) is 29.8. The second-order valence-electron chi connectivity index (χ2n) is 7.59. The monoisotopic (exact) mass is 382 g/mol. The van der Waals surface area contributed by atoms with Crippen LogP contribution in [0.5, 0.6) is 5.75 Å². The highest BCUT2D eigenvalue weighted by Gasteiger charge is 2.43. The topological polar surface area (TPSA) is 67.7 Å². The van der Waals surface area contributed by atoms with E-state index in [1.165, 1.54) is 0 Å². The Balaban J connectivity index is 1.56. The zero-order valence-corrected chi connectivity index (χ0v) is 16.4. The Morgan fingerprint density at radius 2 is 1.86 bits per heavy atom. The average Bonchev–Trinajstić information content (AvgIpc) is 3.43. The van der Waals surface area contributed by atoms with Crippen LogP contribution in [0.25, 0.3) is 0 Å². The van der Waals surface area contributed by atoms with Crippen LogP contribution in [0.4, 0.5) is 0 Å². The van der Waals surface area contributed by atoms with Crippen molar-refractivity contribution in [3.05, 3.63) is 47.8 Å². The van der Waals surface area contributed by atoms with Gasteiger partial charge in [-0.3, -0.25) is 14.3 Å². The molecule has 2 atom stereocenters. The van der Waals surface area contributed by atoms with E-state index in [4.69, 9.17) is 4.74 Å². The van der Waals surface area contributed by atoms with Crippen molar-refractivity contribution in [3.8, 4) is 5.75 Å². The summed E-state index contributed by atoms with van der Waals surface area (Å²) in [6.07, 6.45) is 2.33. The van der Waals surface area contributed by atoms with E-state index in [2.05, 4.69) is 5.10 Å². The first-order valence-corrected chi connectivity index (χ1v) is 9.85. The van der Waals surface area contributed by atoms with Gasteiger partial charge in [-0.2, -0.15) is 5.10 Å². The van der Waals surface area contributed by atoms with Crippen molar-refractivity contribution in [3.63, 3.8) is 0 Å². The maximum absolute atomic E-state index is 13.2. The molecule has 0 bridgehead atoms. The van der Waals surface area contributed by atoms with Crippen LogP contribution >= 0.6 is 0 Å². The van der Waals surface area contributed by atoms with Crippen molar-refractivity contribution in [2.75, 3.05) is 19.6 Å². The molecule has 0 spiro atoms. The van der Waals surface area contributed by atoms with Gasteiger partial charge in [0.1, 0.15) is 17.9 Å². The van der Waals surface area contributed by atoms with Gasteiger partial charge in [0.15, 0.2) is 5.69 Å². The van der Waals surface area contributed by atoms with Crippen molar-refractivity contribution in [2.45, 2.75) is 38.3 Å². The van der Waals surface area contributed by atoms with Crippen LogP contribution in [0.3, 0.4) is 0 Å². The predicted octanol–water partition coefficient (Wildman–Crippen LogP) is 2.01. The lowest BCUT2D eigenvalue weighted by Crippen LogP contribution is -2.47. The molecule has 2 amide bonds. The minimum atomic E-state index is -0.498. The third kappa shape index (κ3) is 3.61. The molecule has 2 aliphatic heterocycles. The predicted molar refractivity (Wildman–Crippen MR) is 104 cm³/mol. The first-order chi connectivity index (χ1) is 13.5. The standard InChI is InChI=1S/C21H26N4O3/c1-15-12-18(22-23(15)2)20(26)25-14-17(28-16-8-4-3-5-9-16)13-19(25)21(27)24-10-6-7-11-24/h3-5,8-9,12,17,19H,6-7,10-11,13-14H2,1-2H3/t17-,19-/m0/s1. The Kier molecular flexibility index (Phi) is 5.07. The van der Waals surface area contributed by atoms with Crippen molar-refractivity contribution >= 4 is 11.8 Å². The number of rotatable bonds is 4. The number of carbonyl (C=O) groups is 2. The summed E-state index contributed by atoms with van der Waals surface area (Å²) in [6.45, 7) is 3.82. The smallest absolute Gasteiger partial charge is 0.275 e. The molecule has 0 N–H and O–H groups in total. The summed E-state index contributed by atoms with van der Waals surface area (Å²) in [5.41, 5.74) is 1.28. The summed E-state index contributed by atoms with van der Waals surface area (Å²) in [5, 5.41) is 4.31. The van der Waals surface area contributed by atoms with Crippen LogP contribution in [0.1, 0.15) is 35.4 Å². The molecule has 3 heterocycles. The van der Waals surface area contributed by atoms with E-state index >= 15 is 0 Å². The van der Waals surface area contributed by atoms with Crippen LogP contribution < -0.4 is 4.74 Å². The molecule has 0 unspecified atom stereocenters. The molecule has 0 saturated carbocycles. The van der Waals surface area contributed by atoms with Gasteiger partial charge in [-0.25, -0.2) is 0 Å². The highest BCUT2D eigenvalue weighted by Crippen LogP contribution is 2.27. The molecule has 1 aromatic heterocycles. The molecular weight excluding hydrogens is 356 g/mol. The number of nitrogens with zero attached hydrogens (tertiary/aromatic N) is 4. The lowest BCUT2D eigenvalue weighted by atomic mass is 10.1. The average molecular weight is 382 g/mol. The van der Waals surface area contributed by atoms with E-state index < -0.39 is 6.04 Å². The Bertz CT molecular complexity index is 838. The molecule has 0 radical (unpaired) electrons. The summed E-state index contributed by atoms with van der Waals surface area (Å²) in [6, 6.07) is 10.8. The van der Waals surface area contributed by atoms with E-state index in [1.807, 2.05) is 49.2 Å². The van der Waals surface area contributed by atoms with Gasteiger partial charge in [-0.15, -0.1) is 0 Å². The van der Waals surface area contributed by atoms with Crippen molar-refractivity contribution < 1.29 is 14.3 Å². The van der Waals surface area contributed by atoms with Crippen LogP contribution in [0, 0.1) is 6.92 Å². The van der Waals surface area contributed by atoms with Gasteiger partial charge in [0.05, 0.1) is 6.54 Å². The fourth-order valence-corrected chi connectivity index (χ4v) is 3.99. The molecule has 1 aromatic carbocycles. The number of carbonyl (C=O) groups excluding carboxylic acids is 2. The summed E-state index contributed by atoms with van der Waals surface area (Å²) in [7, 11) is 1.81. The molecule has 148 valence electrons. The number of hydrogen-bond acceptors (Lipinski definition) is 4. The lowest BCUT2D eigenvalue weighted by Gasteiger charge is -2.26. The van der Waals surface area contributed by atoms with E-state index in [1.54, 1.807) is 15.6 Å². The van der Waals surface area contributed by atoms with Gasteiger partial charge in [-0.1, -0.05) is 18.2 Å². The van der Waals surface area contributed by atoms with E-state index in [0.29, 0.717) is 18.7 Å². The molecule has 2 aromatic rings. The summed E-state index contributed by atoms with van der Waals surface area (Å²) < 4.78 is 7.75. The number of amides is 2. The van der Waals surface area contributed by atoms with Gasteiger partial charge in [0.2, 0.25) is 5.91 Å². The van der Waals surface area contributed by atoms with Crippen molar-refractivity contribution in [2.24, 2.45) is 7.05 Å². The third-order valence-corrected chi connectivity index (χ3v) is 5.61. The van der Waals surface area contributed by atoms with Crippen molar-refractivity contribution in [1.82, 2.24) is 19.6 Å². The SMILES string of the molecule is Cc1cc(C(=O)N2C[C@@H](Oc3ccccc3)C[C@H]2C(=O)N2CCCC2)nn1C. The quantitative estimate of drug-likeness (QED) is 0.811. The largest absolute Gasteiger partial charge is 0.488 e. The fourth-order valence-electron chi connectivity index (χ4n) is 3.99. The Hall–Kier alpha value is -2.83. The number of ether oxygens (including phenoxy) is 1. The second-order valence-corrected chi connectivity index (χ2v) is 7.59. The van der Waals surface area contributed by atoms with Gasteiger partial charge in [0.25, 0.3) is 5.91 Å². The first-order valence-electron chi connectivity index (χ1n) is 9.85. The highest BCUT2D eigenvalue weighted by molar-refractivity contribution is 5.96. The molecular formula is C21H26N4O3. The maximum atomic E-state index is 13.2. The number of aryl methyl sites for hydroxylation is 2. The minimum absolute atomic E-state index is 0.0256. The van der Waals surface area contributed by atoms with Crippen LogP contribution in [0.2, 0.25) is 0 Å². The molecule has 7 nitrogen and oxygen atoms in total. The number of para-hydroxylation sites is 1. The zero-order valence-electron chi connectivity index (χ0n) is 16.4. The van der Waals surface area contributed by atoms with Gasteiger partial charge in [-0.05, 0) is 38.0 Å². The Labute approximate surface area is 164 Å². The second kappa shape index (κ2) is 7.66. The van der Waals surface area contributed by atoms with E-state index in [9.17, 15) is 9.59 Å². The number of hydrogen-bond donors (Lipinski definition) is 0. The fraction of sp³-hybridized carbons (Fsp3) is 0.476. The Morgan fingerprint density at radius 1 is 1.14 bits per heavy atom. The van der Waals surface area contributed by atoms with Gasteiger partial charge in [0, 0.05) is 32.3 Å². The summed E-state index contributed by atoms with van der Waals surface area (Å²) >= 11 is 0.